The first kappa shape index (κ1) is 22.9. The van der Waals surface area contributed by atoms with Crippen LogP contribution >= 0.6 is 0 Å². The molecular formula is C25H24N4O5. The van der Waals surface area contributed by atoms with E-state index in [4.69, 9.17) is 9.40 Å². The van der Waals surface area contributed by atoms with Crippen molar-refractivity contribution in [3.8, 4) is 0 Å². The Hall–Kier alpha value is -4.27. The predicted molar refractivity (Wildman–Crippen MR) is 127 cm³/mol. The monoisotopic (exact) mass is 460 g/mol. The first-order chi connectivity index (χ1) is 16.3. The molecule has 1 amide bonds. The van der Waals surface area contributed by atoms with E-state index in [0.29, 0.717) is 29.0 Å². The van der Waals surface area contributed by atoms with Crippen molar-refractivity contribution in [1.82, 2.24) is 14.5 Å². The number of rotatable bonds is 7. The molecule has 0 aliphatic carbocycles. The van der Waals surface area contributed by atoms with Gasteiger partial charge >= 0.3 is 0 Å². The zero-order valence-corrected chi connectivity index (χ0v) is 19.1. The average molecular weight is 460 g/mol. The van der Waals surface area contributed by atoms with Gasteiger partial charge in [-0.15, -0.1) is 0 Å². The fourth-order valence-corrected chi connectivity index (χ4v) is 3.99. The standard InChI is InChI=1S/C25H24N4O5/c1-4-27-23(26-22-11-10-16(2)13-21(22)25(27)31)17(3)28(15-20-9-6-12-34-20)24(30)18-7-5-8-19(14-18)29(32)33/h5-14,17H,4,15H2,1-3H3. The van der Waals surface area contributed by atoms with Crippen LogP contribution in [0.25, 0.3) is 10.9 Å². The van der Waals surface area contributed by atoms with Gasteiger partial charge in [0.2, 0.25) is 0 Å². The Morgan fingerprint density at radius 2 is 2.00 bits per heavy atom. The molecule has 0 bridgehead atoms. The van der Waals surface area contributed by atoms with Gasteiger partial charge in [0.25, 0.3) is 17.2 Å². The van der Waals surface area contributed by atoms with Crippen LogP contribution in [-0.4, -0.2) is 25.3 Å². The maximum absolute atomic E-state index is 13.6. The van der Waals surface area contributed by atoms with Gasteiger partial charge in [0.05, 0.1) is 34.7 Å². The number of carbonyl (C=O) groups is 1. The summed E-state index contributed by atoms with van der Waals surface area (Å²) in [6, 6.07) is 13.9. The van der Waals surface area contributed by atoms with Crippen molar-refractivity contribution in [2.45, 2.75) is 39.9 Å². The highest BCUT2D eigenvalue weighted by Crippen LogP contribution is 2.26. The van der Waals surface area contributed by atoms with Crippen molar-refractivity contribution < 1.29 is 14.1 Å². The number of nitro benzene ring substituents is 1. The Bertz CT molecular complexity index is 1430. The first-order valence-corrected chi connectivity index (χ1v) is 10.9. The SMILES string of the molecule is CCn1c(C(C)N(Cc2ccco2)C(=O)c2cccc([N+](=O)[O-])c2)nc2ccc(C)cc2c1=O. The smallest absolute Gasteiger partial charge is 0.270 e. The molecule has 174 valence electrons. The minimum atomic E-state index is -0.629. The van der Waals surface area contributed by atoms with Gasteiger partial charge < -0.3 is 9.32 Å². The third kappa shape index (κ3) is 4.32. The summed E-state index contributed by atoms with van der Waals surface area (Å²) in [6.07, 6.45) is 1.51. The number of nitro groups is 1. The van der Waals surface area contributed by atoms with E-state index in [1.165, 1.54) is 35.4 Å². The van der Waals surface area contributed by atoms with Crippen molar-refractivity contribution >= 4 is 22.5 Å². The van der Waals surface area contributed by atoms with Crippen molar-refractivity contribution in [2.75, 3.05) is 0 Å². The first-order valence-electron chi connectivity index (χ1n) is 10.9. The summed E-state index contributed by atoms with van der Waals surface area (Å²) in [7, 11) is 0. The molecule has 2 aromatic heterocycles. The fourth-order valence-electron chi connectivity index (χ4n) is 3.99. The van der Waals surface area contributed by atoms with Crippen LogP contribution in [-0.2, 0) is 13.1 Å². The molecule has 2 heterocycles. The summed E-state index contributed by atoms with van der Waals surface area (Å²) in [5, 5.41) is 11.8. The van der Waals surface area contributed by atoms with Gasteiger partial charge in [-0.25, -0.2) is 4.98 Å². The van der Waals surface area contributed by atoms with Crippen molar-refractivity contribution in [2.24, 2.45) is 0 Å². The number of fused-ring (bicyclic) bond motifs is 1. The molecule has 0 aliphatic heterocycles. The maximum Gasteiger partial charge on any atom is 0.270 e. The van der Waals surface area contributed by atoms with Crippen molar-refractivity contribution in [3.63, 3.8) is 0 Å². The van der Waals surface area contributed by atoms with Gasteiger partial charge in [-0.05, 0) is 51.1 Å². The molecule has 9 heteroatoms. The van der Waals surface area contributed by atoms with Crippen LogP contribution in [0, 0.1) is 17.0 Å². The van der Waals surface area contributed by atoms with Crippen LogP contribution < -0.4 is 5.56 Å². The van der Waals surface area contributed by atoms with Gasteiger partial charge in [-0.1, -0.05) is 17.7 Å². The molecule has 0 radical (unpaired) electrons. The molecule has 0 fully saturated rings. The lowest BCUT2D eigenvalue weighted by molar-refractivity contribution is -0.384. The summed E-state index contributed by atoms with van der Waals surface area (Å²) >= 11 is 0. The number of hydrogen-bond donors (Lipinski definition) is 0. The van der Waals surface area contributed by atoms with Crippen LogP contribution in [0.3, 0.4) is 0 Å². The molecule has 0 spiro atoms. The number of non-ortho nitro benzene ring substituents is 1. The van der Waals surface area contributed by atoms with E-state index in [1.807, 2.05) is 19.9 Å². The van der Waals surface area contributed by atoms with Gasteiger partial charge in [-0.3, -0.25) is 24.3 Å². The lowest BCUT2D eigenvalue weighted by atomic mass is 10.1. The molecule has 2 aromatic carbocycles. The Kier molecular flexibility index (Phi) is 6.27. The second-order valence-electron chi connectivity index (χ2n) is 8.04. The fraction of sp³-hybridized carbons (Fsp3) is 0.240. The molecule has 4 aromatic rings. The van der Waals surface area contributed by atoms with E-state index in [1.54, 1.807) is 35.8 Å². The highest BCUT2D eigenvalue weighted by atomic mass is 16.6. The molecule has 0 saturated heterocycles. The maximum atomic E-state index is 13.6. The molecule has 0 saturated carbocycles. The van der Waals surface area contributed by atoms with E-state index in [2.05, 4.69) is 0 Å². The van der Waals surface area contributed by atoms with Gasteiger partial charge in [0.1, 0.15) is 11.6 Å². The number of amides is 1. The molecule has 1 atom stereocenters. The Labute approximate surface area is 195 Å². The summed E-state index contributed by atoms with van der Waals surface area (Å²) in [5.74, 6) is 0.523. The number of aromatic nitrogens is 2. The van der Waals surface area contributed by atoms with E-state index >= 15 is 0 Å². The number of benzene rings is 2. The molecule has 4 rings (SSSR count). The van der Waals surface area contributed by atoms with Gasteiger partial charge in [0, 0.05) is 24.2 Å². The molecule has 9 nitrogen and oxygen atoms in total. The molecule has 0 aliphatic rings. The quantitative estimate of drug-likeness (QED) is 0.294. The van der Waals surface area contributed by atoms with Crippen LogP contribution in [0.1, 0.15) is 47.4 Å². The number of aryl methyl sites for hydroxylation is 1. The minimum Gasteiger partial charge on any atom is -0.467 e. The lowest BCUT2D eigenvalue weighted by Crippen LogP contribution is -2.37. The summed E-state index contributed by atoms with van der Waals surface area (Å²) in [4.78, 5) is 43.8. The third-order valence-corrected chi connectivity index (χ3v) is 5.77. The van der Waals surface area contributed by atoms with Gasteiger partial charge in [0.15, 0.2) is 0 Å². The lowest BCUT2D eigenvalue weighted by Gasteiger charge is -2.30. The van der Waals surface area contributed by atoms with Crippen LogP contribution in [0.5, 0.6) is 0 Å². The molecule has 1 unspecified atom stereocenters. The highest BCUT2D eigenvalue weighted by Gasteiger charge is 2.28. The van der Waals surface area contributed by atoms with Crippen molar-refractivity contribution in [3.05, 3.63) is 104 Å². The van der Waals surface area contributed by atoms with E-state index in [-0.39, 0.29) is 23.4 Å². The second kappa shape index (κ2) is 9.30. The van der Waals surface area contributed by atoms with Crippen LogP contribution in [0.15, 0.2) is 70.1 Å². The largest absolute Gasteiger partial charge is 0.467 e. The number of furan rings is 1. The Morgan fingerprint density at radius 3 is 2.68 bits per heavy atom. The predicted octanol–water partition coefficient (Wildman–Crippen LogP) is 4.63. The Morgan fingerprint density at radius 1 is 1.21 bits per heavy atom. The van der Waals surface area contributed by atoms with Crippen LogP contribution in [0.2, 0.25) is 0 Å². The summed E-state index contributed by atoms with van der Waals surface area (Å²) in [5.41, 5.74) is 1.30. The highest BCUT2D eigenvalue weighted by molar-refractivity contribution is 5.95. The molecule has 0 N–H and O–H groups in total. The molecular weight excluding hydrogens is 436 g/mol. The van der Waals surface area contributed by atoms with Crippen molar-refractivity contribution in [1.29, 1.82) is 0 Å². The van der Waals surface area contributed by atoms with E-state index in [0.717, 1.165) is 5.56 Å². The second-order valence-corrected chi connectivity index (χ2v) is 8.04. The minimum absolute atomic E-state index is 0.0984. The number of carbonyl (C=O) groups excluding carboxylic acids is 1. The third-order valence-electron chi connectivity index (χ3n) is 5.77. The number of nitrogens with zero attached hydrogens (tertiary/aromatic N) is 4. The van der Waals surface area contributed by atoms with E-state index in [9.17, 15) is 19.7 Å². The number of hydrogen-bond acceptors (Lipinski definition) is 6. The summed E-state index contributed by atoms with van der Waals surface area (Å²) in [6.45, 7) is 6.01. The topological polar surface area (TPSA) is 111 Å². The zero-order chi connectivity index (χ0) is 24.4. The zero-order valence-electron chi connectivity index (χ0n) is 19.1. The van der Waals surface area contributed by atoms with Gasteiger partial charge in [-0.2, -0.15) is 0 Å². The van der Waals surface area contributed by atoms with E-state index < -0.39 is 16.9 Å². The Balaban J connectivity index is 1.84. The summed E-state index contributed by atoms with van der Waals surface area (Å²) < 4.78 is 7.03. The van der Waals surface area contributed by atoms with Crippen LogP contribution in [0.4, 0.5) is 5.69 Å². The normalized spacial score (nSPS) is 12.0. The average Bonchev–Trinajstić information content (AvgIpc) is 3.35. The molecule has 34 heavy (non-hydrogen) atoms.